The van der Waals surface area contributed by atoms with E-state index in [4.69, 9.17) is 4.42 Å². The lowest BCUT2D eigenvalue weighted by Gasteiger charge is -2.38. The molecular weight excluding hydrogens is 516 g/mol. The van der Waals surface area contributed by atoms with Crippen molar-refractivity contribution in [3.05, 3.63) is 88.7 Å². The maximum absolute atomic E-state index is 13.7. The number of carbonyl (C=O) groups excluding carboxylic acids is 2. The first-order valence-electron chi connectivity index (χ1n) is 14.1. The SMILES string of the molecule is Cc1cc(C)c(-c2ccc(C(=O)Nc3cc4ccccc4cc3C(=O)N[C@H](C(=O)O)C3(C)CCCCC3)o2)c(C)c1. The predicted molar refractivity (Wildman–Crippen MR) is 160 cm³/mol. The summed E-state index contributed by atoms with van der Waals surface area (Å²) in [5.41, 5.74) is 4.13. The second-order valence-electron chi connectivity index (χ2n) is 11.6. The molecule has 3 N–H and O–H groups in total. The van der Waals surface area contributed by atoms with E-state index in [1.807, 2.05) is 52.0 Å². The smallest absolute Gasteiger partial charge is 0.326 e. The zero-order valence-electron chi connectivity index (χ0n) is 24.0. The molecule has 41 heavy (non-hydrogen) atoms. The highest BCUT2D eigenvalue weighted by Crippen LogP contribution is 2.39. The van der Waals surface area contributed by atoms with Gasteiger partial charge in [0.15, 0.2) is 5.76 Å². The Kier molecular flexibility index (Phi) is 7.72. The number of carboxylic acids is 1. The first-order chi connectivity index (χ1) is 19.6. The van der Waals surface area contributed by atoms with E-state index in [0.29, 0.717) is 5.76 Å². The van der Waals surface area contributed by atoms with Crippen LogP contribution in [0.15, 0.2) is 65.1 Å². The van der Waals surface area contributed by atoms with Crippen molar-refractivity contribution in [1.29, 1.82) is 0 Å². The minimum Gasteiger partial charge on any atom is -0.480 e. The first-order valence-corrected chi connectivity index (χ1v) is 14.1. The van der Waals surface area contributed by atoms with Crippen molar-refractivity contribution >= 4 is 34.2 Å². The number of amides is 2. The van der Waals surface area contributed by atoms with E-state index < -0.39 is 29.2 Å². The Morgan fingerprint density at radius 1 is 0.854 bits per heavy atom. The number of carbonyl (C=O) groups is 3. The maximum atomic E-state index is 13.7. The molecule has 2 amide bonds. The molecule has 3 aromatic carbocycles. The highest BCUT2D eigenvalue weighted by molar-refractivity contribution is 6.11. The number of aliphatic carboxylic acids is 1. The Hall–Kier alpha value is -4.39. The van der Waals surface area contributed by atoms with Gasteiger partial charge in [-0.05, 0) is 85.2 Å². The molecule has 1 saturated carbocycles. The normalized spacial score (nSPS) is 15.3. The van der Waals surface area contributed by atoms with Crippen molar-refractivity contribution in [3.63, 3.8) is 0 Å². The molecular formula is C34H36N2O5. The van der Waals surface area contributed by atoms with Gasteiger partial charge >= 0.3 is 5.97 Å². The summed E-state index contributed by atoms with van der Waals surface area (Å²) in [6.45, 7) is 7.99. The molecule has 212 valence electrons. The van der Waals surface area contributed by atoms with E-state index in [1.165, 1.54) is 0 Å². The molecule has 0 unspecified atom stereocenters. The monoisotopic (exact) mass is 552 g/mol. The lowest BCUT2D eigenvalue weighted by Crippen LogP contribution is -2.52. The van der Waals surface area contributed by atoms with Crippen LogP contribution in [0.4, 0.5) is 5.69 Å². The van der Waals surface area contributed by atoms with E-state index >= 15 is 0 Å². The summed E-state index contributed by atoms with van der Waals surface area (Å²) in [5, 5.41) is 17.4. The molecule has 7 heteroatoms. The van der Waals surface area contributed by atoms with Crippen LogP contribution in [0.25, 0.3) is 22.1 Å². The number of nitrogens with one attached hydrogen (secondary N) is 2. The minimum atomic E-state index is -1.06. The summed E-state index contributed by atoms with van der Waals surface area (Å²) in [4.78, 5) is 39.4. The van der Waals surface area contributed by atoms with Crippen LogP contribution >= 0.6 is 0 Å². The van der Waals surface area contributed by atoms with Crippen LogP contribution in [0.5, 0.6) is 0 Å². The second-order valence-corrected chi connectivity index (χ2v) is 11.6. The van der Waals surface area contributed by atoms with Gasteiger partial charge < -0.3 is 20.2 Å². The number of hydrogen-bond acceptors (Lipinski definition) is 4. The van der Waals surface area contributed by atoms with Gasteiger partial charge in [0.1, 0.15) is 11.8 Å². The molecule has 1 aliphatic rings. The maximum Gasteiger partial charge on any atom is 0.326 e. The molecule has 0 bridgehead atoms. The van der Waals surface area contributed by atoms with Crippen molar-refractivity contribution in [2.75, 3.05) is 5.32 Å². The average Bonchev–Trinajstić information content (AvgIpc) is 3.40. The predicted octanol–water partition coefficient (Wildman–Crippen LogP) is 7.43. The van der Waals surface area contributed by atoms with E-state index in [2.05, 4.69) is 22.8 Å². The number of hydrogen-bond donors (Lipinski definition) is 3. The van der Waals surface area contributed by atoms with Crippen LogP contribution in [0, 0.1) is 26.2 Å². The van der Waals surface area contributed by atoms with E-state index in [1.54, 1.807) is 24.3 Å². The van der Waals surface area contributed by atoms with Crippen LogP contribution in [-0.4, -0.2) is 28.9 Å². The van der Waals surface area contributed by atoms with Gasteiger partial charge in [-0.2, -0.15) is 0 Å². The van der Waals surface area contributed by atoms with Gasteiger partial charge in [0.2, 0.25) is 0 Å². The largest absolute Gasteiger partial charge is 0.480 e. The lowest BCUT2D eigenvalue weighted by molar-refractivity contribution is -0.143. The second kappa shape index (κ2) is 11.2. The first kappa shape index (κ1) is 28.1. The molecule has 5 rings (SSSR count). The Morgan fingerprint density at radius 2 is 1.49 bits per heavy atom. The Morgan fingerprint density at radius 3 is 2.12 bits per heavy atom. The van der Waals surface area contributed by atoms with Crippen molar-refractivity contribution in [3.8, 4) is 11.3 Å². The fourth-order valence-electron chi connectivity index (χ4n) is 6.27. The van der Waals surface area contributed by atoms with E-state index in [9.17, 15) is 19.5 Å². The highest BCUT2D eigenvalue weighted by Gasteiger charge is 2.41. The van der Waals surface area contributed by atoms with Crippen LogP contribution in [0.2, 0.25) is 0 Å². The number of carboxylic acid groups (broad SMARTS) is 1. The molecule has 1 atom stereocenters. The summed E-state index contributed by atoms with van der Waals surface area (Å²) in [7, 11) is 0. The molecule has 1 aromatic heterocycles. The van der Waals surface area contributed by atoms with Crippen molar-refractivity contribution in [1.82, 2.24) is 5.32 Å². The third-order valence-electron chi connectivity index (χ3n) is 8.35. The summed E-state index contributed by atoms with van der Waals surface area (Å²) in [6.07, 6.45) is 4.38. The average molecular weight is 553 g/mol. The topological polar surface area (TPSA) is 109 Å². The molecule has 1 fully saturated rings. The number of rotatable bonds is 7. The van der Waals surface area contributed by atoms with Gasteiger partial charge in [-0.15, -0.1) is 0 Å². The van der Waals surface area contributed by atoms with Crippen LogP contribution < -0.4 is 10.6 Å². The zero-order valence-corrected chi connectivity index (χ0v) is 24.0. The number of fused-ring (bicyclic) bond motifs is 1. The fraction of sp³-hybridized carbons (Fsp3) is 0.324. The van der Waals surface area contributed by atoms with Gasteiger partial charge in [0.25, 0.3) is 11.8 Å². The van der Waals surface area contributed by atoms with Crippen molar-refractivity contribution in [2.24, 2.45) is 5.41 Å². The van der Waals surface area contributed by atoms with Gasteiger partial charge in [-0.25, -0.2) is 4.79 Å². The van der Waals surface area contributed by atoms with E-state index in [0.717, 1.165) is 65.1 Å². The fourth-order valence-corrected chi connectivity index (χ4v) is 6.27. The number of aryl methyl sites for hydroxylation is 3. The van der Waals surface area contributed by atoms with E-state index in [-0.39, 0.29) is 17.0 Å². The van der Waals surface area contributed by atoms with Gasteiger partial charge in [-0.3, -0.25) is 9.59 Å². The highest BCUT2D eigenvalue weighted by atomic mass is 16.4. The third-order valence-corrected chi connectivity index (χ3v) is 8.35. The van der Waals surface area contributed by atoms with Gasteiger partial charge in [0.05, 0.1) is 11.3 Å². The Bertz CT molecular complexity index is 1620. The molecule has 0 saturated heterocycles. The van der Waals surface area contributed by atoms with Crippen LogP contribution in [0.3, 0.4) is 0 Å². The number of anilines is 1. The standard InChI is InChI=1S/C34H36N2O5/c1-20-16-21(2)29(22(3)17-20)27-12-13-28(41-27)32(38)35-26-19-24-11-7-6-10-23(24)18-25(26)31(37)36-30(33(39)40)34(4)14-8-5-9-15-34/h6-7,10-13,16-19,30H,5,8-9,14-15H2,1-4H3,(H,35,38)(H,36,37)(H,39,40)/t30-/m1/s1. The number of furan rings is 1. The molecule has 4 aromatic rings. The van der Waals surface area contributed by atoms with Crippen molar-refractivity contribution < 1.29 is 23.9 Å². The van der Waals surface area contributed by atoms with Gasteiger partial charge in [-0.1, -0.05) is 68.1 Å². The third kappa shape index (κ3) is 5.75. The van der Waals surface area contributed by atoms with Crippen LogP contribution in [-0.2, 0) is 4.79 Å². The minimum absolute atomic E-state index is 0.108. The van der Waals surface area contributed by atoms with Crippen molar-refractivity contribution in [2.45, 2.75) is 65.8 Å². The Balaban J connectivity index is 1.46. The molecule has 1 aliphatic carbocycles. The summed E-state index contributed by atoms with van der Waals surface area (Å²) in [6, 6.07) is 17.4. The molecule has 0 aliphatic heterocycles. The molecule has 7 nitrogen and oxygen atoms in total. The molecule has 1 heterocycles. The summed E-state index contributed by atoms with van der Waals surface area (Å²) >= 11 is 0. The quantitative estimate of drug-likeness (QED) is 0.221. The molecule has 0 spiro atoms. The lowest BCUT2D eigenvalue weighted by atomic mass is 9.70. The summed E-state index contributed by atoms with van der Waals surface area (Å²) in [5.74, 6) is -1.41. The summed E-state index contributed by atoms with van der Waals surface area (Å²) < 4.78 is 5.99. The molecule has 0 radical (unpaired) electrons. The Labute approximate surface area is 240 Å². The number of benzene rings is 3. The van der Waals surface area contributed by atoms with Crippen LogP contribution in [0.1, 0.15) is 76.6 Å². The zero-order chi connectivity index (χ0) is 29.3. The van der Waals surface area contributed by atoms with Gasteiger partial charge in [0, 0.05) is 5.56 Å².